The third kappa shape index (κ3) is 4.02. The van der Waals surface area contributed by atoms with Crippen molar-refractivity contribution in [3.8, 4) is 17.1 Å². The van der Waals surface area contributed by atoms with Gasteiger partial charge in [0.1, 0.15) is 5.75 Å². The molecular formula is C19H22N4OS. The summed E-state index contributed by atoms with van der Waals surface area (Å²) in [6, 6.07) is 12.1. The number of benzene rings is 1. The van der Waals surface area contributed by atoms with Crippen molar-refractivity contribution in [3.05, 3.63) is 54.4 Å². The van der Waals surface area contributed by atoms with Crippen LogP contribution in [-0.4, -0.2) is 26.9 Å². The van der Waals surface area contributed by atoms with Gasteiger partial charge in [0.2, 0.25) is 0 Å². The van der Waals surface area contributed by atoms with Gasteiger partial charge in [0.15, 0.2) is 11.0 Å². The zero-order valence-electron chi connectivity index (χ0n) is 14.7. The summed E-state index contributed by atoms with van der Waals surface area (Å²) < 4.78 is 7.52. The Kier molecular flexibility index (Phi) is 5.71. The Morgan fingerprint density at radius 2 is 1.96 bits per heavy atom. The van der Waals surface area contributed by atoms with Crippen LogP contribution in [0.4, 0.5) is 0 Å². The van der Waals surface area contributed by atoms with E-state index in [4.69, 9.17) is 4.74 Å². The van der Waals surface area contributed by atoms with Crippen LogP contribution in [0.1, 0.15) is 31.1 Å². The Morgan fingerprint density at radius 1 is 1.16 bits per heavy atom. The highest BCUT2D eigenvalue weighted by molar-refractivity contribution is 7.99. The van der Waals surface area contributed by atoms with E-state index in [9.17, 15) is 0 Å². The van der Waals surface area contributed by atoms with E-state index in [-0.39, 0.29) is 5.25 Å². The first-order chi connectivity index (χ1) is 12.2. The van der Waals surface area contributed by atoms with E-state index in [1.54, 1.807) is 31.3 Å². The maximum absolute atomic E-state index is 5.33. The molecule has 0 aliphatic heterocycles. The van der Waals surface area contributed by atoms with Crippen LogP contribution in [0.25, 0.3) is 11.4 Å². The minimum absolute atomic E-state index is 0.250. The number of hydrogen-bond donors (Lipinski definition) is 0. The van der Waals surface area contributed by atoms with Crippen molar-refractivity contribution in [2.45, 2.75) is 37.2 Å². The number of ether oxygens (including phenoxy) is 1. The summed E-state index contributed by atoms with van der Waals surface area (Å²) in [5, 5.41) is 10.1. The predicted octanol–water partition coefficient (Wildman–Crippen LogP) is 4.61. The molecule has 130 valence electrons. The molecule has 0 aliphatic carbocycles. The standard InChI is InChI=1S/C19H22N4OS/c1-4-12-23-18(15-8-10-20-11-9-15)21-22-19(23)25-14(2)16-6-5-7-17(13-16)24-3/h5-11,13-14H,4,12H2,1-3H3/t14-/m1/s1. The zero-order chi connectivity index (χ0) is 17.6. The number of pyridine rings is 1. The molecule has 0 N–H and O–H groups in total. The lowest BCUT2D eigenvalue weighted by Crippen LogP contribution is -2.03. The molecule has 0 saturated carbocycles. The Hall–Kier alpha value is -2.34. The van der Waals surface area contributed by atoms with Crippen LogP contribution in [-0.2, 0) is 6.54 Å². The first-order valence-corrected chi connectivity index (χ1v) is 9.25. The summed E-state index contributed by atoms with van der Waals surface area (Å²) >= 11 is 1.72. The van der Waals surface area contributed by atoms with E-state index in [1.807, 2.05) is 24.3 Å². The maximum Gasteiger partial charge on any atom is 0.192 e. The van der Waals surface area contributed by atoms with E-state index in [2.05, 4.69) is 45.7 Å². The van der Waals surface area contributed by atoms with Crippen LogP contribution in [0, 0.1) is 0 Å². The quantitative estimate of drug-likeness (QED) is 0.580. The Morgan fingerprint density at radius 3 is 2.68 bits per heavy atom. The SMILES string of the molecule is CCCn1c(S[C@H](C)c2cccc(OC)c2)nnc1-c1ccncc1. The number of methoxy groups -OCH3 is 1. The van der Waals surface area contributed by atoms with Gasteiger partial charge >= 0.3 is 0 Å². The van der Waals surface area contributed by atoms with Gasteiger partial charge in [0, 0.05) is 29.8 Å². The highest BCUT2D eigenvalue weighted by Crippen LogP contribution is 2.36. The molecule has 0 spiro atoms. The number of thioether (sulfide) groups is 1. The zero-order valence-corrected chi connectivity index (χ0v) is 15.5. The van der Waals surface area contributed by atoms with Crippen molar-refractivity contribution >= 4 is 11.8 Å². The number of hydrogen-bond acceptors (Lipinski definition) is 5. The lowest BCUT2D eigenvalue weighted by Gasteiger charge is -2.14. The van der Waals surface area contributed by atoms with Crippen molar-refractivity contribution in [1.82, 2.24) is 19.7 Å². The van der Waals surface area contributed by atoms with E-state index < -0.39 is 0 Å². The molecule has 0 bridgehead atoms. The van der Waals surface area contributed by atoms with Crippen LogP contribution in [0.3, 0.4) is 0 Å². The summed E-state index contributed by atoms with van der Waals surface area (Å²) in [5.74, 6) is 1.77. The number of aromatic nitrogens is 4. The second-order valence-electron chi connectivity index (χ2n) is 5.73. The molecule has 1 aromatic carbocycles. The van der Waals surface area contributed by atoms with Crippen molar-refractivity contribution in [2.24, 2.45) is 0 Å². The van der Waals surface area contributed by atoms with E-state index in [1.165, 1.54) is 5.56 Å². The molecule has 3 aromatic rings. The maximum atomic E-state index is 5.33. The van der Waals surface area contributed by atoms with E-state index >= 15 is 0 Å². The predicted molar refractivity (Wildman–Crippen MR) is 101 cm³/mol. The fourth-order valence-corrected chi connectivity index (χ4v) is 3.63. The number of nitrogens with zero attached hydrogens (tertiary/aromatic N) is 4. The average molecular weight is 354 g/mol. The topological polar surface area (TPSA) is 52.8 Å². The Labute approximate surface area is 152 Å². The lowest BCUT2D eigenvalue weighted by molar-refractivity contribution is 0.414. The lowest BCUT2D eigenvalue weighted by atomic mass is 10.1. The first kappa shape index (κ1) is 17.5. The van der Waals surface area contributed by atoms with Gasteiger partial charge < -0.3 is 9.30 Å². The van der Waals surface area contributed by atoms with Crippen molar-refractivity contribution in [3.63, 3.8) is 0 Å². The molecule has 0 unspecified atom stereocenters. The second kappa shape index (κ2) is 8.16. The second-order valence-corrected chi connectivity index (χ2v) is 7.04. The molecule has 5 nitrogen and oxygen atoms in total. The third-order valence-electron chi connectivity index (χ3n) is 3.95. The van der Waals surface area contributed by atoms with Crippen LogP contribution in [0.15, 0.2) is 53.9 Å². The molecule has 25 heavy (non-hydrogen) atoms. The third-order valence-corrected chi connectivity index (χ3v) is 5.09. The molecule has 0 aliphatic rings. The van der Waals surface area contributed by atoms with Gasteiger partial charge in [-0.1, -0.05) is 30.8 Å². The molecule has 2 heterocycles. The summed E-state index contributed by atoms with van der Waals surface area (Å²) in [5.41, 5.74) is 2.25. The summed E-state index contributed by atoms with van der Waals surface area (Å²) in [7, 11) is 1.69. The van der Waals surface area contributed by atoms with Crippen molar-refractivity contribution < 1.29 is 4.74 Å². The fraction of sp³-hybridized carbons (Fsp3) is 0.316. The van der Waals surface area contributed by atoms with E-state index in [0.29, 0.717) is 0 Å². The van der Waals surface area contributed by atoms with Crippen LogP contribution in [0.2, 0.25) is 0 Å². The van der Waals surface area contributed by atoms with Gasteiger partial charge in [-0.25, -0.2) is 0 Å². The monoisotopic (exact) mass is 354 g/mol. The van der Waals surface area contributed by atoms with Gasteiger partial charge in [0.05, 0.1) is 7.11 Å². The molecule has 0 radical (unpaired) electrons. The molecule has 6 heteroatoms. The highest BCUT2D eigenvalue weighted by Gasteiger charge is 2.17. The van der Waals surface area contributed by atoms with Crippen LogP contribution >= 0.6 is 11.8 Å². The molecule has 0 fully saturated rings. The first-order valence-electron chi connectivity index (χ1n) is 8.37. The normalized spacial score (nSPS) is 12.1. The number of rotatable bonds is 7. The van der Waals surface area contributed by atoms with Crippen LogP contribution in [0.5, 0.6) is 5.75 Å². The summed E-state index contributed by atoms with van der Waals surface area (Å²) in [4.78, 5) is 4.08. The molecule has 0 saturated heterocycles. The summed E-state index contributed by atoms with van der Waals surface area (Å²) in [6.45, 7) is 5.23. The smallest absolute Gasteiger partial charge is 0.192 e. The molecule has 3 rings (SSSR count). The van der Waals surface area contributed by atoms with Gasteiger partial charge in [-0.15, -0.1) is 10.2 Å². The molecule has 2 aromatic heterocycles. The van der Waals surface area contributed by atoms with E-state index in [0.717, 1.165) is 35.3 Å². The Bertz CT molecular complexity index is 819. The van der Waals surface area contributed by atoms with Crippen molar-refractivity contribution in [1.29, 1.82) is 0 Å². The average Bonchev–Trinajstić information content (AvgIpc) is 3.05. The van der Waals surface area contributed by atoms with Gasteiger partial charge in [-0.2, -0.15) is 0 Å². The van der Waals surface area contributed by atoms with Gasteiger partial charge in [-0.3, -0.25) is 4.98 Å². The highest BCUT2D eigenvalue weighted by atomic mass is 32.2. The largest absolute Gasteiger partial charge is 0.497 e. The molecule has 1 atom stereocenters. The van der Waals surface area contributed by atoms with Crippen LogP contribution < -0.4 is 4.74 Å². The minimum atomic E-state index is 0.250. The van der Waals surface area contributed by atoms with Gasteiger partial charge in [0.25, 0.3) is 0 Å². The molecule has 0 amide bonds. The summed E-state index contributed by atoms with van der Waals surface area (Å²) in [6.07, 6.45) is 4.59. The fourth-order valence-electron chi connectivity index (χ4n) is 2.64. The Balaban J connectivity index is 1.88. The minimum Gasteiger partial charge on any atom is -0.497 e. The molecular weight excluding hydrogens is 332 g/mol. The van der Waals surface area contributed by atoms with Gasteiger partial charge in [-0.05, 0) is 43.2 Å². The van der Waals surface area contributed by atoms with Crippen molar-refractivity contribution in [2.75, 3.05) is 7.11 Å².